The maximum Gasteiger partial charge on any atom is 0.314 e. The van der Waals surface area contributed by atoms with Gasteiger partial charge in [0.2, 0.25) is 0 Å². The highest BCUT2D eigenvalue weighted by molar-refractivity contribution is 6.44. The third kappa shape index (κ3) is 3.63. The standard InChI is InChI=1S/C17H19N3O2/c1-10-5-7-14(13(18)8-10)19-16(21)17(22)20-15-9-11(2)4-6-12(15)3/h4-9H,18H2,1-3H3,(H,19,21)(H,20,22). The lowest BCUT2D eigenvalue weighted by molar-refractivity contribution is -0.132. The van der Waals surface area contributed by atoms with Crippen LogP contribution in [0.5, 0.6) is 0 Å². The summed E-state index contributed by atoms with van der Waals surface area (Å²) in [5, 5.41) is 5.13. The normalized spacial score (nSPS) is 10.1. The van der Waals surface area contributed by atoms with Crippen molar-refractivity contribution in [2.75, 3.05) is 16.4 Å². The maximum atomic E-state index is 12.0. The summed E-state index contributed by atoms with van der Waals surface area (Å²) in [6.45, 7) is 5.68. The molecule has 0 atom stereocenters. The molecular formula is C17H19N3O2. The summed E-state index contributed by atoms with van der Waals surface area (Å²) in [5.41, 5.74) is 10.2. The van der Waals surface area contributed by atoms with Crippen molar-refractivity contribution in [3.8, 4) is 0 Å². The number of aryl methyl sites for hydroxylation is 3. The van der Waals surface area contributed by atoms with Crippen molar-refractivity contribution in [3.05, 3.63) is 53.1 Å². The van der Waals surface area contributed by atoms with Crippen LogP contribution in [0.3, 0.4) is 0 Å². The molecule has 2 rings (SSSR count). The molecule has 0 saturated carbocycles. The summed E-state index contributed by atoms with van der Waals surface area (Å²) in [7, 11) is 0. The Morgan fingerprint density at radius 2 is 1.36 bits per heavy atom. The number of hydrogen-bond donors (Lipinski definition) is 3. The summed E-state index contributed by atoms with van der Waals surface area (Å²) in [4.78, 5) is 24.0. The Balaban J connectivity index is 2.09. The smallest absolute Gasteiger partial charge is 0.314 e. The lowest BCUT2D eigenvalue weighted by Crippen LogP contribution is -2.29. The lowest BCUT2D eigenvalue weighted by atomic mass is 10.1. The van der Waals surface area contributed by atoms with E-state index in [0.29, 0.717) is 17.1 Å². The van der Waals surface area contributed by atoms with E-state index in [0.717, 1.165) is 16.7 Å². The first kappa shape index (κ1) is 15.6. The minimum atomic E-state index is -0.753. The van der Waals surface area contributed by atoms with Gasteiger partial charge in [-0.25, -0.2) is 0 Å². The van der Waals surface area contributed by atoms with Gasteiger partial charge in [0.1, 0.15) is 0 Å². The van der Waals surface area contributed by atoms with E-state index in [1.54, 1.807) is 12.1 Å². The number of rotatable bonds is 2. The molecule has 4 N–H and O–H groups in total. The van der Waals surface area contributed by atoms with Crippen LogP contribution < -0.4 is 16.4 Å². The van der Waals surface area contributed by atoms with Crippen LogP contribution in [0, 0.1) is 20.8 Å². The fourth-order valence-electron chi connectivity index (χ4n) is 2.02. The molecule has 0 heterocycles. The number of nitrogen functional groups attached to an aromatic ring is 1. The molecule has 5 heteroatoms. The number of benzene rings is 2. The van der Waals surface area contributed by atoms with Crippen LogP contribution in [-0.2, 0) is 9.59 Å². The molecule has 0 unspecified atom stereocenters. The summed E-state index contributed by atoms with van der Waals surface area (Å²) < 4.78 is 0. The van der Waals surface area contributed by atoms with Crippen LogP contribution in [0.15, 0.2) is 36.4 Å². The number of carbonyl (C=O) groups excluding carboxylic acids is 2. The highest BCUT2D eigenvalue weighted by Crippen LogP contribution is 2.20. The predicted molar refractivity (Wildman–Crippen MR) is 88.8 cm³/mol. The molecule has 0 bridgehead atoms. The van der Waals surface area contributed by atoms with E-state index in [1.165, 1.54) is 0 Å². The number of anilines is 3. The minimum absolute atomic E-state index is 0.423. The quantitative estimate of drug-likeness (QED) is 0.588. The van der Waals surface area contributed by atoms with Crippen molar-refractivity contribution < 1.29 is 9.59 Å². The molecule has 2 aromatic rings. The van der Waals surface area contributed by atoms with Gasteiger partial charge in [-0.2, -0.15) is 0 Å². The first-order valence-electron chi connectivity index (χ1n) is 6.92. The molecule has 0 aromatic heterocycles. The fraction of sp³-hybridized carbons (Fsp3) is 0.176. The van der Waals surface area contributed by atoms with Crippen LogP contribution in [0.4, 0.5) is 17.1 Å². The molecule has 0 fully saturated rings. The molecule has 2 aromatic carbocycles. The first-order valence-corrected chi connectivity index (χ1v) is 6.92. The Morgan fingerprint density at radius 3 is 2.00 bits per heavy atom. The molecule has 22 heavy (non-hydrogen) atoms. The van der Waals surface area contributed by atoms with Gasteiger partial charge in [-0.05, 0) is 55.7 Å². The molecule has 0 radical (unpaired) electrons. The van der Waals surface area contributed by atoms with E-state index < -0.39 is 11.8 Å². The fourth-order valence-corrected chi connectivity index (χ4v) is 2.02. The second kappa shape index (κ2) is 6.30. The zero-order valence-corrected chi connectivity index (χ0v) is 12.9. The summed E-state index contributed by atoms with van der Waals surface area (Å²) in [6, 6.07) is 10.9. The number of amides is 2. The molecule has 0 saturated heterocycles. The Kier molecular flexibility index (Phi) is 4.46. The summed E-state index contributed by atoms with van der Waals surface area (Å²) >= 11 is 0. The van der Waals surface area contributed by atoms with Crippen LogP contribution in [0.2, 0.25) is 0 Å². The van der Waals surface area contributed by atoms with Crippen LogP contribution in [0.25, 0.3) is 0 Å². The van der Waals surface area contributed by atoms with E-state index in [1.807, 2.05) is 45.0 Å². The highest BCUT2D eigenvalue weighted by Gasteiger charge is 2.16. The first-order chi connectivity index (χ1) is 10.4. The highest BCUT2D eigenvalue weighted by atomic mass is 16.2. The SMILES string of the molecule is Cc1ccc(NC(=O)C(=O)Nc2cc(C)ccc2C)c(N)c1. The van der Waals surface area contributed by atoms with Crippen molar-refractivity contribution in [3.63, 3.8) is 0 Å². The second-order valence-electron chi connectivity index (χ2n) is 5.32. The molecule has 0 aliphatic carbocycles. The molecule has 114 valence electrons. The van der Waals surface area contributed by atoms with Gasteiger partial charge in [-0.1, -0.05) is 18.2 Å². The van der Waals surface area contributed by atoms with Gasteiger partial charge in [0.05, 0.1) is 11.4 Å². The molecule has 5 nitrogen and oxygen atoms in total. The zero-order chi connectivity index (χ0) is 16.3. The van der Waals surface area contributed by atoms with E-state index in [2.05, 4.69) is 10.6 Å². The van der Waals surface area contributed by atoms with E-state index in [9.17, 15) is 9.59 Å². The largest absolute Gasteiger partial charge is 0.397 e. The predicted octanol–water partition coefficient (Wildman–Crippen LogP) is 2.77. The monoisotopic (exact) mass is 297 g/mol. The number of carbonyl (C=O) groups is 2. The summed E-state index contributed by atoms with van der Waals surface area (Å²) in [5.74, 6) is -1.48. The molecule has 0 aliphatic heterocycles. The van der Waals surface area contributed by atoms with Crippen molar-refractivity contribution >= 4 is 28.9 Å². The van der Waals surface area contributed by atoms with E-state index in [4.69, 9.17) is 5.73 Å². The van der Waals surface area contributed by atoms with Crippen molar-refractivity contribution in [2.45, 2.75) is 20.8 Å². The van der Waals surface area contributed by atoms with E-state index >= 15 is 0 Å². The van der Waals surface area contributed by atoms with Gasteiger partial charge in [0.15, 0.2) is 0 Å². The lowest BCUT2D eigenvalue weighted by Gasteiger charge is -2.11. The molecule has 2 amide bonds. The Morgan fingerprint density at radius 1 is 0.818 bits per heavy atom. The van der Waals surface area contributed by atoms with Crippen molar-refractivity contribution in [1.82, 2.24) is 0 Å². The molecule has 0 spiro atoms. The van der Waals surface area contributed by atoms with Gasteiger partial charge >= 0.3 is 11.8 Å². The number of nitrogens with one attached hydrogen (secondary N) is 2. The van der Waals surface area contributed by atoms with Gasteiger partial charge in [0.25, 0.3) is 0 Å². The van der Waals surface area contributed by atoms with Crippen LogP contribution in [0.1, 0.15) is 16.7 Å². The number of nitrogens with two attached hydrogens (primary N) is 1. The van der Waals surface area contributed by atoms with Gasteiger partial charge in [0, 0.05) is 5.69 Å². The Labute approximate surface area is 129 Å². The van der Waals surface area contributed by atoms with E-state index in [-0.39, 0.29) is 0 Å². The van der Waals surface area contributed by atoms with Crippen molar-refractivity contribution in [2.24, 2.45) is 0 Å². The zero-order valence-electron chi connectivity index (χ0n) is 12.9. The Bertz CT molecular complexity index is 739. The maximum absolute atomic E-state index is 12.0. The molecular weight excluding hydrogens is 278 g/mol. The Hall–Kier alpha value is -2.82. The number of hydrogen-bond acceptors (Lipinski definition) is 3. The van der Waals surface area contributed by atoms with Gasteiger partial charge < -0.3 is 16.4 Å². The van der Waals surface area contributed by atoms with Crippen molar-refractivity contribution in [1.29, 1.82) is 0 Å². The van der Waals surface area contributed by atoms with Gasteiger partial charge in [-0.15, -0.1) is 0 Å². The third-order valence-electron chi connectivity index (χ3n) is 3.30. The van der Waals surface area contributed by atoms with Crippen LogP contribution in [-0.4, -0.2) is 11.8 Å². The molecule has 0 aliphatic rings. The second-order valence-corrected chi connectivity index (χ2v) is 5.32. The average Bonchev–Trinajstić information content (AvgIpc) is 2.45. The minimum Gasteiger partial charge on any atom is -0.397 e. The third-order valence-corrected chi connectivity index (χ3v) is 3.30. The van der Waals surface area contributed by atoms with Gasteiger partial charge in [-0.3, -0.25) is 9.59 Å². The summed E-state index contributed by atoms with van der Waals surface area (Å²) in [6.07, 6.45) is 0. The topological polar surface area (TPSA) is 84.2 Å². The average molecular weight is 297 g/mol. The van der Waals surface area contributed by atoms with Crippen LogP contribution >= 0.6 is 0 Å².